The third-order valence-corrected chi connectivity index (χ3v) is 3.46. The molecule has 0 unspecified atom stereocenters. The molecule has 1 aromatic carbocycles. The van der Waals surface area contributed by atoms with Crippen LogP contribution in [0.3, 0.4) is 0 Å². The molecule has 2 heterocycles. The van der Waals surface area contributed by atoms with Crippen LogP contribution in [0.1, 0.15) is 11.4 Å². The highest BCUT2D eigenvalue weighted by Gasteiger charge is 2.39. The second-order valence-electron chi connectivity index (χ2n) is 4.63. The maximum absolute atomic E-state index is 13.8. The first-order valence-electron chi connectivity index (χ1n) is 6.22. The van der Waals surface area contributed by atoms with E-state index >= 15 is 0 Å². The van der Waals surface area contributed by atoms with E-state index in [1.54, 1.807) is 6.07 Å². The van der Waals surface area contributed by atoms with E-state index in [1.807, 2.05) is 0 Å². The molecule has 9 heteroatoms. The predicted molar refractivity (Wildman–Crippen MR) is 64.3 cm³/mol. The first-order chi connectivity index (χ1) is 10.2. The third kappa shape index (κ3) is 1.54. The standard InChI is InChI=1S/C12H8FN5O3/c13-7-3-1-2-4-8(7)16-14-11-9(17(16)19)5-6-10-12(11)15-21-18(10)20/h1-4H,5-6H2. The van der Waals surface area contributed by atoms with Crippen molar-refractivity contribution < 1.29 is 18.8 Å². The van der Waals surface area contributed by atoms with E-state index in [-0.39, 0.29) is 17.1 Å². The number of halogens is 1. The van der Waals surface area contributed by atoms with Gasteiger partial charge in [-0.3, -0.25) is 4.63 Å². The fraction of sp³-hybridized carbons (Fsp3) is 0.167. The van der Waals surface area contributed by atoms with E-state index in [2.05, 4.69) is 14.9 Å². The number of fused-ring (bicyclic) bond motifs is 3. The number of hydrogen-bond acceptors (Lipinski definition) is 5. The Bertz CT molecular complexity index is 857. The normalized spacial score (nSPS) is 13.0. The SMILES string of the molecule is [O-][n+]1onc2c1CCc1c-2nn(-c2ccccc2F)[n+]1[O-]. The molecule has 1 aliphatic carbocycles. The zero-order valence-corrected chi connectivity index (χ0v) is 10.6. The summed E-state index contributed by atoms with van der Waals surface area (Å²) in [5.74, 6) is -0.568. The molecular formula is C12H8FN5O3. The third-order valence-electron chi connectivity index (χ3n) is 3.46. The minimum absolute atomic E-state index is 0.0296. The van der Waals surface area contributed by atoms with Crippen molar-refractivity contribution in [2.45, 2.75) is 12.8 Å². The monoisotopic (exact) mass is 289 g/mol. The Morgan fingerprint density at radius 2 is 1.90 bits per heavy atom. The molecule has 0 N–H and O–H groups in total. The summed E-state index contributed by atoms with van der Waals surface area (Å²) < 4.78 is 18.3. The van der Waals surface area contributed by atoms with Gasteiger partial charge < -0.3 is 10.4 Å². The summed E-state index contributed by atoms with van der Waals surface area (Å²) in [4.78, 5) is 1.73. The minimum atomic E-state index is -0.568. The summed E-state index contributed by atoms with van der Waals surface area (Å²) in [6.45, 7) is 0. The molecule has 4 rings (SSSR count). The molecule has 0 spiro atoms. The minimum Gasteiger partial charge on any atom is -0.692 e. The van der Waals surface area contributed by atoms with E-state index in [1.165, 1.54) is 18.2 Å². The summed E-state index contributed by atoms with van der Waals surface area (Å²) in [6, 6.07) is 5.81. The van der Waals surface area contributed by atoms with Crippen LogP contribution in [0.15, 0.2) is 28.9 Å². The molecule has 0 radical (unpaired) electrons. The number of aromatic nitrogens is 5. The first kappa shape index (κ1) is 11.8. The number of nitrogens with zero attached hydrogens (tertiary/aromatic N) is 5. The lowest BCUT2D eigenvalue weighted by Gasteiger charge is -2.07. The lowest BCUT2D eigenvalue weighted by atomic mass is 10.0. The average Bonchev–Trinajstić information content (AvgIpc) is 3.01. The summed E-state index contributed by atoms with van der Waals surface area (Å²) in [6.07, 6.45) is 0.629. The van der Waals surface area contributed by atoms with Crippen molar-refractivity contribution in [3.8, 4) is 17.1 Å². The smallest absolute Gasteiger partial charge is 0.303 e. The van der Waals surface area contributed by atoms with Gasteiger partial charge in [0.05, 0.1) is 10.3 Å². The second kappa shape index (κ2) is 4.01. The molecule has 0 fully saturated rings. The zero-order valence-electron chi connectivity index (χ0n) is 10.6. The van der Waals surface area contributed by atoms with Gasteiger partial charge in [0, 0.05) is 12.8 Å². The van der Waals surface area contributed by atoms with Gasteiger partial charge in [0.1, 0.15) is 0 Å². The number of benzene rings is 1. The van der Waals surface area contributed by atoms with Crippen LogP contribution in [0, 0.1) is 16.2 Å². The fourth-order valence-corrected chi connectivity index (χ4v) is 2.45. The topological polar surface area (TPSA) is 97.7 Å². The Balaban J connectivity index is 1.95. The summed E-state index contributed by atoms with van der Waals surface area (Å²) in [5, 5.41) is 31.4. The van der Waals surface area contributed by atoms with E-state index in [0.29, 0.717) is 34.0 Å². The van der Waals surface area contributed by atoms with Gasteiger partial charge in [-0.15, -0.1) is 4.85 Å². The molecule has 0 aliphatic heterocycles. The fourth-order valence-electron chi connectivity index (χ4n) is 2.45. The van der Waals surface area contributed by atoms with Gasteiger partial charge >= 0.3 is 11.4 Å². The maximum atomic E-state index is 13.8. The Morgan fingerprint density at radius 3 is 2.71 bits per heavy atom. The Labute approximate surface area is 116 Å². The van der Waals surface area contributed by atoms with Crippen molar-refractivity contribution in [3.63, 3.8) is 0 Å². The number of hydrogen-bond donors (Lipinski definition) is 0. The molecule has 0 saturated heterocycles. The van der Waals surface area contributed by atoms with Crippen LogP contribution >= 0.6 is 0 Å². The van der Waals surface area contributed by atoms with Crippen molar-refractivity contribution in [2.24, 2.45) is 0 Å². The molecule has 8 nitrogen and oxygen atoms in total. The van der Waals surface area contributed by atoms with E-state index < -0.39 is 5.82 Å². The molecule has 3 aromatic rings. The second-order valence-corrected chi connectivity index (χ2v) is 4.63. The largest absolute Gasteiger partial charge is 0.692 e. The van der Waals surface area contributed by atoms with Crippen LogP contribution in [0.2, 0.25) is 0 Å². The Morgan fingerprint density at radius 1 is 1.14 bits per heavy atom. The zero-order chi connectivity index (χ0) is 14.6. The van der Waals surface area contributed by atoms with Crippen molar-refractivity contribution in [1.29, 1.82) is 0 Å². The summed E-state index contributed by atoms with van der Waals surface area (Å²) in [7, 11) is 0. The van der Waals surface area contributed by atoms with Gasteiger partial charge in [0.2, 0.25) is 5.69 Å². The van der Waals surface area contributed by atoms with E-state index in [9.17, 15) is 14.8 Å². The predicted octanol–water partition coefficient (Wildman–Crippen LogP) is 0.0318. The van der Waals surface area contributed by atoms with Crippen molar-refractivity contribution in [2.75, 3.05) is 0 Å². The molecule has 106 valence electrons. The van der Waals surface area contributed by atoms with Crippen molar-refractivity contribution in [3.05, 3.63) is 51.9 Å². The van der Waals surface area contributed by atoms with Crippen molar-refractivity contribution in [1.82, 2.24) is 15.1 Å². The lowest BCUT2D eigenvalue weighted by Crippen LogP contribution is -2.41. The van der Waals surface area contributed by atoms with Crippen LogP contribution in [0.5, 0.6) is 0 Å². The molecular weight excluding hydrogens is 281 g/mol. The van der Waals surface area contributed by atoms with Crippen LogP contribution in [-0.2, 0) is 12.8 Å². The lowest BCUT2D eigenvalue weighted by molar-refractivity contribution is -0.808. The quantitative estimate of drug-likeness (QED) is 0.465. The van der Waals surface area contributed by atoms with Crippen LogP contribution in [0.25, 0.3) is 17.1 Å². The Hall–Kier alpha value is -2.97. The molecule has 0 bridgehead atoms. The van der Waals surface area contributed by atoms with Gasteiger partial charge in [-0.1, -0.05) is 12.1 Å². The maximum Gasteiger partial charge on any atom is 0.303 e. The molecule has 0 saturated carbocycles. The van der Waals surface area contributed by atoms with Gasteiger partial charge in [-0.25, -0.2) is 4.39 Å². The van der Waals surface area contributed by atoms with Crippen LogP contribution in [0.4, 0.5) is 4.39 Å². The Kier molecular flexibility index (Phi) is 2.26. The highest BCUT2D eigenvalue weighted by atomic mass is 19.1. The average molecular weight is 289 g/mol. The first-order valence-corrected chi connectivity index (χ1v) is 6.22. The van der Waals surface area contributed by atoms with E-state index in [0.717, 1.165) is 4.80 Å². The van der Waals surface area contributed by atoms with Crippen molar-refractivity contribution >= 4 is 0 Å². The van der Waals surface area contributed by atoms with Gasteiger partial charge in [-0.05, 0) is 21.8 Å². The highest BCUT2D eigenvalue weighted by molar-refractivity contribution is 5.59. The summed E-state index contributed by atoms with van der Waals surface area (Å²) in [5.41, 5.74) is 1.15. The molecule has 0 amide bonds. The van der Waals surface area contributed by atoms with Crippen LogP contribution in [-0.4, -0.2) is 15.1 Å². The molecule has 2 aromatic heterocycles. The highest BCUT2D eigenvalue weighted by Crippen LogP contribution is 2.27. The number of para-hydroxylation sites is 1. The van der Waals surface area contributed by atoms with Crippen LogP contribution < -0.4 is 9.75 Å². The van der Waals surface area contributed by atoms with Gasteiger partial charge in [0.15, 0.2) is 17.2 Å². The van der Waals surface area contributed by atoms with E-state index in [4.69, 9.17) is 0 Å². The van der Waals surface area contributed by atoms with Gasteiger partial charge in [-0.2, -0.15) is 0 Å². The molecule has 21 heavy (non-hydrogen) atoms. The molecule has 1 aliphatic rings. The number of rotatable bonds is 1. The van der Waals surface area contributed by atoms with Gasteiger partial charge in [0.25, 0.3) is 0 Å². The summed E-state index contributed by atoms with van der Waals surface area (Å²) >= 11 is 0. The molecule has 0 atom stereocenters.